The molecule has 4 heterocycles. The van der Waals surface area contributed by atoms with Gasteiger partial charge < -0.3 is 18.9 Å². The number of aryl methyl sites for hydroxylation is 1. The van der Waals surface area contributed by atoms with Crippen LogP contribution in [0.15, 0.2) is 72.3 Å². The van der Waals surface area contributed by atoms with Crippen LogP contribution in [0, 0.1) is 5.92 Å². The fourth-order valence-corrected chi connectivity index (χ4v) is 9.50. The summed E-state index contributed by atoms with van der Waals surface area (Å²) in [6.07, 6.45) is 5.32. The molecule has 43 heavy (non-hydrogen) atoms. The van der Waals surface area contributed by atoms with Crippen molar-refractivity contribution in [2.75, 3.05) is 18.1 Å². The van der Waals surface area contributed by atoms with Gasteiger partial charge in [-0.3, -0.25) is 14.3 Å². The summed E-state index contributed by atoms with van der Waals surface area (Å²) in [5.41, 5.74) is 0.208. The number of aromatic nitrogens is 5. The summed E-state index contributed by atoms with van der Waals surface area (Å²) in [6, 6.07) is 12.6. The molecule has 6 rings (SSSR count). The van der Waals surface area contributed by atoms with Crippen molar-refractivity contribution in [1.29, 1.82) is 0 Å². The number of amides is 1. The van der Waals surface area contributed by atoms with Crippen molar-refractivity contribution >= 4 is 30.8 Å². The second kappa shape index (κ2) is 10.9. The van der Waals surface area contributed by atoms with Crippen LogP contribution in [0.3, 0.4) is 0 Å². The van der Waals surface area contributed by atoms with E-state index in [9.17, 15) is 14.7 Å². The van der Waals surface area contributed by atoms with Crippen molar-refractivity contribution in [3.63, 3.8) is 0 Å². The monoisotopic (exact) mass is 602 g/mol. The van der Waals surface area contributed by atoms with Crippen LogP contribution in [0.4, 0.5) is 9.80 Å². The van der Waals surface area contributed by atoms with E-state index in [1.165, 1.54) is 4.68 Å². The Morgan fingerprint density at radius 1 is 1.21 bits per heavy atom. The zero-order chi connectivity index (χ0) is 30.5. The van der Waals surface area contributed by atoms with Gasteiger partial charge >= 0.3 is 0 Å². The SMILES string of the molecule is C=CCN1C(=O)[C@]2(O[C@H](CCn3cc(CCO)nn3)[C@@H]([Si](C)(C)F)[C@@H]2C)c2cc(-n3ncc4ccccc4c3=O)ccc21. The first-order valence-corrected chi connectivity index (χ1v) is 17.5. The van der Waals surface area contributed by atoms with Crippen LogP contribution in [0.5, 0.6) is 0 Å². The van der Waals surface area contributed by atoms with E-state index in [1.807, 2.05) is 19.1 Å². The topological polar surface area (TPSA) is 115 Å². The summed E-state index contributed by atoms with van der Waals surface area (Å²) < 4.78 is 26.0. The molecule has 0 unspecified atom stereocenters. The van der Waals surface area contributed by atoms with Gasteiger partial charge in [0.15, 0.2) is 5.60 Å². The van der Waals surface area contributed by atoms with E-state index in [4.69, 9.17) is 4.74 Å². The molecule has 0 bridgehead atoms. The Bertz CT molecular complexity index is 1770. The van der Waals surface area contributed by atoms with Gasteiger partial charge in [0, 0.05) is 54.7 Å². The van der Waals surface area contributed by atoms with Gasteiger partial charge in [-0.15, -0.1) is 11.7 Å². The first kappa shape index (κ1) is 29.1. The molecule has 0 radical (unpaired) electrons. The molecule has 2 aliphatic rings. The van der Waals surface area contributed by atoms with Crippen LogP contribution >= 0.6 is 0 Å². The standard InChI is InChI=1S/C31H35FN6O4Si/c1-5-14-37-26-11-10-23(38-29(40)24-9-7-6-8-21(24)18-33-38)17-25(26)31(30(37)41)20(2)28(43(3,4)32)27(42-31)12-15-36-19-22(13-16-39)34-35-36/h5-11,17-20,27-28,39H,1,12-16H2,2-4H3/t20-,27+,28-,31+/m0/s1. The van der Waals surface area contributed by atoms with Crippen molar-refractivity contribution in [2.24, 2.45) is 5.92 Å². The number of anilines is 1. The van der Waals surface area contributed by atoms with Crippen molar-refractivity contribution in [1.82, 2.24) is 24.8 Å². The van der Waals surface area contributed by atoms with Crippen molar-refractivity contribution < 1.29 is 18.7 Å². The zero-order valence-electron chi connectivity index (χ0n) is 24.5. The summed E-state index contributed by atoms with van der Waals surface area (Å²) in [5.74, 6) is -0.745. The lowest BCUT2D eigenvalue weighted by Crippen LogP contribution is -2.45. The molecule has 1 N–H and O–H groups in total. The van der Waals surface area contributed by atoms with E-state index in [0.717, 1.165) is 5.39 Å². The third-order valence-corrected chi connectivity index (χ3v) is 11.3. The number of hydrogen-bond donors (Lipinski definition) is 1. The van der Waals surface area contributed by atoms with Crippen LogP contribution in [0.2, 0.25) is 18.6 Å². The highest BCUT2D eigenvalue weighted by Gasteiger charge is 2.66. The van der Waals surface area contributed by atoms with Gasteiger partial charge in [-0.05, 0) is 43.8 Å². The number of hydrogen-bond acceptors (Lipinski definition) is 7. The number of ether oxygens (including phenoxy) is 1. The van der Waals surface area contributed by atoms with Crippen molar-refractivity contribution in [2.45, 2.75) is 56.7 Å². The first-order valence-electron chi connectivity index (χ1n) is 14.5. The molecule has 2 aromatic heterocycles. The lowest BCUT2D eigenvalue weighted by atomic mass is 9.82. The van der Waals surface area contributed by atoms with Gasteiger partial charge in [-0.1, -0.05) is 36.4 Å². The molecule has 0 aliphatic carbocycles. The van der Waals surface area contributed by atoms with E-state index in [0.29, 0.717) is 47.4 Å². The zero-order valence-corrected chi connectivity index (χ0v) is 25.5. The molecule has 1 amide bonds. The molecule has 1 fully saturated rings. The number of nitrogens with zero attached hydrogens (tertiary/aromatic N) is 6. The van der Waals surface area contributed by atoms with Crippen LogP contribution < -0.4 is 10.5 Å². The van der Waals surface area contributed by atoms with Gasteiger partial charge in [0.1, 0.15) is 0 Å². The molecule has 1 spiro atoms. The molecule has 10 nitrogen and oxygen atoms in total. The fraction of sp³-hybridized carbons (Fsp3) is 0.387. The smallest absolute Gasteiger partial charge is 0.279 e. The minimum Gasteiger partial charge on any atom is -0.396 e. The summed E-state index contributed by atoms with van der Waals surface area (Å²) in [5, 5.41) is 23.1. The molecule has 2 aromatic carbocycles. The van der Waals surface area contributed by atoms with Gasteiger partial charge in [-0.25, -0.2) is 0 Å². The van der Waals surface area contributed by atoms with Crippen molar-refractivity contribution in [3.8, 4) is 5.69 Å². The van der Waals surface area contributed by atoms with Crippen LogP contribution in [0.25, 0.3) is 16.5 Å². The molecule has 2 aliphatic heterocycles. The van der Waals surface area contributed by atoms with Gasteiger partial charge in [0.2, 0.25) is 8.41 Å². The number of fused-ring (bicyclic) bond motifs is 3. The maximum absolute atomic E-state index is 16.2. The summed E-state index contributed by atoms with van der Waals surface area (Å²) in [7, 11) is -3.36. The van der Waals surface area contributed by atoms with Gasteiger partial charge in [0.25, 0.3) is 11.5 Å². The normalized spacial score (nSPS) is 23.4. The van der Waals surface area contributed by atoms with E-state index in [-0.39, 0.29) is 24.6 Å². The van der Waals surface area contributed by atoms with E-state index < -0.39 is 31.6 Å². The minimum absolute atomic E-state index is 0.0280. The fourth-order valence-electron chi connectivity index (χ4n) is 6.96. The Hall–Kier alpha value is -4.00. The highest BCUT2D eigenvalue weighted by atomic mass is 28.4. The lowest BCUT2D eigenvalue weighted by Gasteiger charge is -2.31. The highest BCUT2D eigenvalue weighted by molar-refractivity contribution is 6.72. The van der Waals surface area contributed by atoms with Crippen LogP contribution in [-0.4, -0.2) is 63.5 Å². The van der Waals surface area contributed by atoms with Gasteiger partial charge in [-0.2, -0.15) is 9.78 Å². The van der Waals surface area contributed by atoms with E-state index in [2.05, 4.69) is 22.0 Å². The molecular weight excluding hydrogens is 567 g/mol. The quantitative estimate of drug-likeness (QED) is 0.176. The number of rotatable bonds is 9. The second-order valence-electron chi connectivity index (χ2n) is 11.9. The van der Waals surface area contributed by atoms with E-state index >= 15 is 4.11 Å². The Morgan fingerprint density at radius 2 is 2.00 bits per heavy atom. The van der Waals surface area contributed by atoms with Crippen molar-refractivity contribution in [3.05, 3.63) is 89.1 Å². The number of benzene rings is 2. The molecule has 4 aromatic rings. The number of carbonyl (C=O) groups excluding carboxylic acids is 1. The molecular formula is C31H35FN6O4Si. The Labute approximate surface area is 249 Å². The molecule has 12 heteroatoms. The summed E-state index contributed by atoms with van der Waals surface area (Å²) >= 11 is 0. The summed E-state index contributed by atoms with van der Waals surface area (Å²) in [4.78, 5) is 29.4. The minimum atomic E-state index is -3.36. The average molecular weight is 603 g/mol. The molecule has 0 saturated carbocycles. The Balaban J connectivity index is 1.44. The number of aliphatic hydroxyl groups excluding tert-OH is 1. The molecule has 1 saturated heterocycles. The Kier molecular flexibility index (Phi) is 7.39. The highest BCUT2D eigenvalue weighted by Crippen LogP contribution is 2.60. The van der Waals surface area contributed by atoms with Gasteiger partial charge in [0.05, 0.1) is 34.8 Å². The van der Waals surface area contributed by atoms with Crippen LogP contribution in [-0.2, 0) is 28.1 Å². The third kappa shape index (κ3) is 4.73. The lowest BCUT2D eigenvalue weighted by molar-refractivity contribution is -0.145. The predicted octanol–water partition coefficient (Wildman–Crippen LogP) is 3.91. The molecule has 224 valence electrons. The van der Waals surface area contributed by atoms with Crippen LogP contribution in [0.1, 0.15) is 24.6 Å². The predicted molar refractivity (Wildman–Crippen MR) is 163 cm³/mol. The van der Waals surface area contributed by atoms with E-state index in [1.54, 1.807) is 71.5 Å². The summed E-state index contributed by atoms with van der Waals surface area (Å²) in [6.45, 7) is 9.72. The average Bonchev–Trinajstić information content (AvgIpc) is 3.62. The third-order valence-electron chi connectivity index (χ3n) is 8.79. The second-order valence-corrected chi connectivity index (χ2v) is 15.7. The first-order chi connectivity index (χ1) is 20.6. The maximum atomic E-state index is 16.2. The molecule has 4 atom stereocenters. The number of carbonyl (C=O) groups is 1. The largest absolute Gasteiger partial charge is 0.396 e. The Morgan fingerprint density at radius 3 is 2.74 bits per heavy atom. The maximum Gasteiger partial charge on any atom is 0.279 e. The number of halogens is 1. The number of aliphatic hydroxyl groups is 1.